The van der Waals surface area contributed by atoms with Gasteiger partial charge in [-0.15, -0.1) is 0 Å². The third-order valence-corrected chi connectivity index (χ3v) is 3.86. The zero-order valence-corrected chi connectivity index (χ0v) is 11.3. The van der Waals surface area contributed by atoms with Crippen molar-refractivity contribution < 1.29 is 8.60 Å². The molecule has 4 nitrogen and oxygen atoms in total. The number of rotatable bonds is 3. The highest BCUT2D eigenvalue weighted by atomic mass is 32.2. The van der Waals surface area contributed by atoms with Crippen molar-refractivity contribution in [3.8, 4) is 11.1 Å². The van der Waals surface area contributed by atoms with Gasteiger partial charge in [0, 0.05) is 29.1 Å². The molecule has 102 valence electrons. The quantitative estimate of drug-likeness (QED) is 0.942. The molecule has 0 bridgehead atoms. The van der Waals surface area contributed by atoms with Gasteiger partial charge in [0.15, 0.2) is 0 Å². The van der Waals surface area contributed by atoms with Crippen LogP contribution in [-0.2, 0) is 17.3 Å². The van der Waals surface area contributed by atoms with Crippen molar-refractivity contribution in [1.82, 2.24) is 9.78 Å². The summed E-state index contributed by atoms with van der Waals surface area (Å²) in [5.74, 6) is -0.322. The molecule has 1 aliphatic heterocycles. The number of allylic oxidation sites excluding steroid dienone is 2. The van der Waals surface area contributed by atoms with Gasteiger partial charge in [-0.3, -0.25) is 4.21 Å². The number of nitrogens with two attached hydrogens (primary N) is 1. The number of nitrogens with zero attached hydrogens (tertiary/aromatic N) is 2. The van der Waals surface area contributed by atoms with Crippen LogP contribution < -0.4 is 5.73 Å². The first-order valence-corrected chi connectivity index (χ1v) is 7.28. The summed E-state index contributed by atoms with van der Waals surface area (Å²) in [6.07, 6.45) is 5.16. The first-order valence-electron chi connectivity index (χ1n) is 6.00. The molecule has 1 unspecified atom stereocenters. The molecule has 0 amide bonds. The molecule has 3 rings (SSSR count). The smallest absolute Gasteiger partial charge is 0.124 e. The monoisotopic (exact) mass is 289 g/mol. The van der Waals surface area contributed by atoms with E-state index in [0.29, 0.717) is 0 Å². The zero-order valence-electron chi connectivity index (χ0n) is 10.5. The van der Waals surface area contributed by atoms with Crippen LogP contribution in [0.5, 0.6) is 0 Å². The molecule has 0 aliphatic carbocycles. The molecule has 1 aromatic carbocycles. The van der Waals surface area contributed by atoms with Crippen molar-refractivity contribution in [3.63, 3.8) is 0 Å². The fourth-order valence-electron chi connectivity index (χ4n) is 2.01. The minimum atomic E-state index is -1.08. The highest BCUT2D eigenvalue weighted by Gasteiger charge is 2.09. The third kappa shape index (κ3) is 2.48. The van der Waals surface area contributed by atoms with Crippen LogP contribution in [0.15, 0.2) is 47.5 Å². The zero-order chi connectivity index (χ0) is 14.1. The molecule has 20 heavy (non-hydrogen) atoms. The van der Waals surface area contributed by atoms with Gasteiger partial charge in [-0.2, -0.15) is 5.10 Å². The second-order valence-electron chi connectivity index (χ2n) is 4.40. The first-order chi connectivity index (χ1) is 9.65. The Morgan fingerprint density at radius 3 is 2.85 bits per heavy atom. The number of benzene rings is 1. The van der Waals surface area contributed by atoms with Gasteiger partial charge < -0.3 is 5.73 Å². The van der Waals surface area contributed by atoms with Crippen molar-refractivity contribution in [2.45, 2.75) is 6.54 Å². The lowest BCUT2D eigenvalue weighted by molar-refractivity contribution is 0.626. The predicted molar refractivity (Wildman–Crippen MR) is 77.1 cm³/mol. The molecule has 0 spiro atoms. The van der Waals surface area contributed by atoms with E-state index in [0.717, 1.165) is 22.4 Å². The summed E-state index contributed by atoms with van der Waals surface area (Å²) < 4.78 is 26.4. The minimum Gasteiger partial charge on any atom is -0.326 e. The largest absolute Gasteiger partial charge is 0.326 e. The van der Waals surface area contributed by atoms with Crippen LogP contribution in [0.2, 0.25) is 0 Å². The maximum absolute atomic E-state index is 13.5. The maximum Gasteiger partial charge on any atom is 0.124 e. The van der Waals surface area contributed by atoms with Gasteiger partial charge in [-0.05, 0) is 35.4 Å². The Bertz CT molecular complexity index is 749. The van der Waals surface area contributed by atoms with Crippen LogP contribution in [0, 0.1) is 5.82 Å². The Hall–Kier alpha value is -2.05. The van der Waals surface area contributed by atoms with Crippen molar-refractivity contribution in [3.05, 3.63) is 58.9 Å². The first kappa shape index (κ1) is 13.0. The minimum absolute atomic E-state index is 0.284. The van der Waals surface area contributed by atoms with E-state index < -0.39 is 10.8 Å². The van der Waals surface area contributed by atoms with Gasteiger partial charge in [0.05, 0.1) is 22.7 Å². The van der Waals surface area contributed by atoms with Gasteiger partial charge in [-0.25, -0.2) is 9.07 Å². The van der Waals surface area contributed by atoms with Gasteiger partial charge in [0.1, 0.15) is 5.82 Å². The molecular weight excluding hydrogens is 277 g/mol. The van der Waals surface area contributed by atoms with E-state index >= 15 is 0 Å². The molecule has 0 saturated heterocycles. The number of hydrogen-bond acceptors (Lipinski definition) is 3. The lowest BCUT2D eigenvalue weighted by Crippen LogP contribution is -1.97. The molecule has 1 aromatic heterocycles. The van der Waals surface area contributed by atoms with Gasteiger partial charge in [0.2, 0.25) is 0 Å². The molecule has 6 heteroatoms. The summed E-state index contributed by atoms with van der Waals surface area (Å²) in [5, 5.41) is 7.40. The van der Waals surface area contributed by atoms with E-state index in [1.165, 1.54) is 12.1 Å². The van der Waals surface area contributed by atoms with Crippen LogP contribution in [0.1, 0.15) is 5.56 Å². The van der Waals surface area contributed by atoms with Crippen molar-refractivity contribution in [1.29, 1.82) is 0 Å². The van der Waals surface area contributed by atoms with Crippen LogP contribution >= 0.6 is 0 Å². The predicted octanol–water partition coefficient (Wildman–Crippen LogP) is 2.22. The molecule has 2 heterocycles. The average Bonchev–Trinajstić information content (AvgIpc) is 3.06. The molecular formula is C14H12FN3OS. The van der Waals surface area contributed by atoms with Gasteiger partial charge in [0.25, 0.3) is 0 Å². The summed E-state index contributed by atoms with van der Waals surface area (Å²) >= 11 is 0. The van der Waals surface area contributed by atoms with E-state index in [1.54, 1.807) is 34.0 Å². The fourth-order valence-corrected chi connectivity index (χ4v) is 2.79. The second-order valence-corrected chi connectivity index (χ2v) is 5.56. The van der Waals surface area contributed by atoms with Crippen LogP contribution in [0.25, 0.3) is 16.8 Å². The van der Waals surface area contributed by atoms with Crippen molar-refractivity contribution in [2.24, 2.45) is 5.73 Å². The van der Waals surface area contributed by atoms with Crippen LogP contribution in [-0.4, -0.2) is 14.0 Å². The van der Waals surface area contributed by atoms with E-state index in [4.69, 9.17) is 5.73 Å². The van der Waals surface area contributed by atoms with Crippen molar-refractivity contribution in [2.75, 3.05) is 0 Å². The van der Waals surface area contributed by atoms with E-state index in [2.05, 4.69) is 5.10 Å². The Morgan fingerprint density at radius 2 is 2.15 bits per heavy atom. The number of aromatic nitrogens is 2. The number of halogens is 1. The Balaban J connectivity index is 1.98. The molecule has 0 radical (unpaired) electrons. The van der Waals surface area contributed by atoms with E-state index in [1.807, 2.05) is 6.07 Å². The maximum atomic E-state index is 13.5. The lowest BCUT2D eigenvalue weighted by atomic mass is 10.1. The second kappa shape index (κ2) is 5.15. The van der Waals surface area contributed by atoms with E-state index in [-0.39, 0.29) is 12.4 Å². The molecule has 1 atom stereocenters. The molecule has 0 fully saturated rings. The Kier molecular flexibility index (Phi) is 3.33. The summed E-state index contributed by atoms with van der Waals surface area (Å²) in [4.78, 5) is 0. The van der Waals surface area contributed by atoms with Gasteiger partial charge in [-0.1, -0.05) is 0 Å². The molecule has 1 aliphatic rings. The van der Waals surface area contributed by atoms with Crippen molar-refractivity contribution >= 4 is 16.5 Å². The summed E-state index contributed by atoms with van der Waals surface area (Å²) in [6, 6.07) is 4.69. The van der Waals surface area contributed by atoms with Crippen LogP contribution in [0.4, 0.5) is 4.39 Å². The normalized spacial score (nSPS) is 17.5. The average molecular weight is 289 g/mol. The molecule has 2 aromatic rings. The summed E-state index contributed by atoms with van der Waals surface area (Å²) in [6.45, 7) is 0.284. The third-order valence-electron chi connectivity index (χ3n) is 2.98. The summed E-state index contributed by atoms with van der Waals surface area (Å²) in [5.41, 5.74) is 8.52. The molecule has 2 N–H and O–H groups in total. The fraction of sp³-hybridized carbons (Fsp3) is 0.0714. The Morgan fingerprint density at radius 1 is 1.30 bits per heavy atom. The number of hydrogen-bond donors (Lipinski definition) is 1. The standard InChI is InChI=1S/C14H12FN3OS/c15-13-4-10(6-16)3-11(5-13)12-7-17-18(8-12)14-1-2-20(19)9-14/h1-5,7-9H,6,16H2. The highest BCUT2D eigenvalue weighted by Crippen LogP contribution is 2.24. The molecule has 0 saturated carbocycles. The summed E-state index contributed by atoms with van der Waals surface area (Å²) in [7, 11) is -1.08. The van der Waals surface area contributed by atoms with Gasteiger partial charge >= 0.3 is 0 Å². The van der Waals surface area contributed by atoms with E-state index in [9.17, 15) is 8.60 Å². The lowest BCUT2D eigenvalue weighted by Gasteiger charge is -2.02. The SMILES string of the molecule is NCc1cc(F)cc(-c2cnn(C3=CS(=O)C=C3)c2)c1. The topological polar surface area (TPSA) is 60.9 Å². The van der Waals surface area contributed by atoms with Crippen LogP contribution in [0.3, 0.4) is 0 Å². The highest BCUT2D eigenvalue weighted by molar-refractivity contribution is 7.91. The Labute approximate surface area is 117 Å².